The molecule has 2 aromatic rings. The van der Waals surface area contributed by atoms with Gasteiger partial charge in [-0.15, -0.1) is 0 Å². The molecule has 0 amide bonds. The molecule has 0 unspecified atom stereocenters. The van der Waals surface area contributed by atoms with Crippen LogP contribution in [0.15, 0.2) is 4.42 Å². The van der Waals surface area contributed by atoms with E-state index in [0.717, 1.165) is 51.6 Å². The average molecular weight is 291 g/mol. The van der Waals surface area contributed by atoms with E-state index in [2.05, 4.69) is 25.2 Å². The predicted octanol–water partition coefficient (Wildman–Crippen LogP) is 1.37. The Kier molecular flexibility index (Phi) is 4.31. The van der Waals surface area contributed by atoms with E-state index in [1.54, 1.807) is 0 Å². The normalized spacial score (nSPS) is 16.5. The summed E-state index contributed by atoms with van der Waals surface area (Å²) in [6, 6.07) is 0. The molecule has 0 aromatic carbocycles. The third-order valence-corrected chi connectivity index (χ3v) is 3.52. The van der Waals surface area contributed by atoms with Crippen LogP contribution in [0.5, 0.6) is 0 Å². The number of oxazole rings is 1. The van der Waals surface area contributed by atoms with Crippen LogP contribution in [-0.2, 0) is 4.74 Å². The molecule has 1 saturated heterocycles. The molecule has 7 heteroatoms. The Morgan fingerprint density at radius 3 is 2.76 bits per heavy atom. The van der Waals surface area contributed by atoms with Crippen molar-refractivity contribution in [3.63, 3.8) is 0 Å². The van der Waals surface area contributed by atoms with Gasteiger partial charge in [-0.3, -0.25) is 4.90 Å². The molecule has 1 N–H and O–H groups in total. The van der Waals surface area contributed by atoms with E-state index in [1.165, 1.54) is 0 Å². The van der Waals surface area contributed by atoms with Crippen molar-refractivity contribution in [3.8, 4) is 0 Å². The van der Waals surface area contributed by atoms with Crippen molar-refractivity contribution >= 4 is 17.0 Å². The van der Waals surface area contributed by atoms with Gasteiger partial charge < -0.3 is 14.5 Å². The van der Waals surface area contributed by atoms with Crippen molar-refractivity contribution in [2.24, 2.45) is 0 Å². The Hall–Kier alpha value is -1.73. The first-order valence-electron chi connectivity index (χ1n) is 7.38. The molecule has 1 aliphatic heterocycles. The van der Waals surface area contributed by atoms with Crippen molar-refractivity contribution < 1.29 is 9.15 Å². The minimum absolute atomic E-state index is 0.552. The summed E-state index contributed by atoms with van der Waals surface area (Å²) in [4.78, 5) is 15.4. The van der Waals surface area contributed by atoms with Gasteiger partial charge in [-0.1, -0.05) is 0 Å². The van der Waals surface area contributed by atoms with Crippen molar-refractivity contribution in [2.75, 3.05) is 44.7 Å². The molecule has 0 saturated carbocycles. The maximum Gasteiger partial charge on any atom is 0.252 e. The number of anilines is 1. The van der Waals surface area contributed by atoms with Gasteiger partial charge in [0.15, 0.2) is 17.2 Å². The minimum Gasteiger partial charge on any atom is -0.422 e. The second-order valence-corrected chi connectivity index (χ2v) is 5.24. The molecule has 21 heavy (non-hydrogen) atoms. The number of aromatic nitrogens is 3. The Morgan fingerprint density at radius 1 is 1.14 bits per heavy atom. The van der Waals surface area contributed by atoms with Gasteiger partial charge in [0.2, 0.25) is 0 Å². The Bertz CT molecular complexity index is 607. The first kappa shape index (κ1) is 14.2. The van der Waals surface area contributed by atoms with Crippen LogP contribution < -0.4 is 5.32 Å². The second kappa shape index (κ2) is 6.36. The number of fused-ring (bicyclic) bond motifs is 1. The van der Waals surface area contributed by atoms with E-state index in [1.807, 2.05) is 13.8 Å². The van der Waals surface area contributed by atoms with Crippen LogP contribution in [0.25, 0.3) is 11.2 Å². The summed E-state index contributed by atoms with van der Waals surface area (Å²) < 4.78 is 10.8. The first-order chi connectivity index (χ1) is 10.2. The van der Waals surface area contributed by atoms with Crippen LogP contribution in [-0.4, -0.2) is 59.2 Å². The van der Waals surface area contributed by atoms with E-state index < -0.39 is 0 Å². The van der Waals surface area contributed by atoms with Gasteiger partial charge in [0.25, 0.3) is 5.71 Å². The minimum atomic E-state index is 0.552. The zero-order chi connectivity index (χ0) is 14.7. The molecular weight excluding hydrogens is 270 g/mol. The van der Waals surface area contributed by atoms with Crippen molar-refractivity contribution in [3.05, 3.63) is 11.7 Å². The average Bonchev–Trinajstić information content (AvgIpc) is 2.84. The highest BCUT2D eigenvalue weighted by Gasteiger charge is 2.12. The summed E-state index contributed by atoms with van der Waals surface area (Å²) in [6.45, 7) is 9.35. The highest BCUT2D eigenvalue weighted by Crippen LogP contribution is 2.20. The van der Waals surface area contributed by atoms with Gasteiger partial charge in [0, 0.05) is 26.6 Å². The highest BCUT2D eigenvalue weighted by atomic mass is 16.5. The smallest absolute Gasteiger partial charge is 0.252 e. The van der Waals surface area contributed by atoms with Crippen molar-refractivity contribution in [1.82, 2.24) is 19.9 Å². The van der Waals surface area contributed by atoms with Gasteiger partial charge in [0.1, 0.15) is 5.82 Å². The van der Waals surface area contributed by atoms with E-state index in [9.17, 15) is 0 Å². The second-order valence-electron chi connectivity index (χ2n) is 5.24. The van der Waals surface area contributed by atoms with Crippen LogP contribution >= 0.6 is 0 Å². The number of nitrogens with zero attached hydrogens (tertiary/aromatic N) is 4. The Balaban J connectivity index is 1.57. The van der Waals surface area contributed by atoms with Crippen molar-refractivity contribution in [2.45, 2.75) is 20.3 Å². The lowest BCUT2D eigenvalue weighted by Gasteiger charge is -2.26. The predicted molar refractivity (Wildman–Crippen MR) is 79.4 cm³/mol. The lowest BCUT2D eigenvalue weighted by Crippen LogP contribution is -2.37. The number of morpholine rings is 1. The molecule has 114 valence electrons. The maximum absolute atomic E-state index is 5.47. The zero-order valence-electron chi connectivity index (χ0n) is 12.6. The van der Waals surface area contributed by atoms with E-state index in [0.29, 0.717) is 22.9 Å². The Morgan fingerprint density at radius 2 is 1.95 bits per heavy atom. The quantitative estimate of drug-likeness (QED) is 0.834. The lowest BCUT2D eigenvalue weighted by molar-refractivity contribution is 0.0378. The topological polar surface area (TPSA) is 76.3 Å². The molecule has 0 radical (unpaired) electrons. The SMILES string of the molecule is Cc1nc(NCCCN2CCOCC2)c2nc(C)oc2n1. The molecule has 0 atom stereocenters. The van der Waals surface area contributed by atoms with Gasteiger partial charge >= 0.3 is 0 Å². The van der Waals surface area contributed by atoms with Crippen molar-refractivity contribution in [1.29, 1.82) is 0 Å². The van der Waals surface area contributed by atoms with Gasteiger partial charge in [-0.25, -0.2) is 9.97 Å². The molecule has 1 fully saturated rings. The standard InChI is InChI=1S/C14H21N5O2/c1-10-16-13(12-14(17-10)21-11(2)18-12)15-4-3-5-19-6-8-20-9-7-19/h3-9H2,1-2H3,(H,15,16,17). The summed E-state index contributed by atoms with van der Waals surface area (Å²) in [5.74, 6) is 2.06. The van der Waals surface area contributed by atoms with E-state index in [4.69, 9.17) is 9.15 Å². The molecule has 3 heterocycles. The number of rotatable bonds is 5. The van der Waals surface area contributed by atoms with Crippen LogP contribution in [0.2, 0.25) is 0 Å². The zero-order valence-corrected chi connectivity index (χ0v) is 12.6. The first-order valence-corrected chi connectivity index (χ1v) is 7.38. The number of hydrogen-bond acceptors (Lipinski definition) is 7. The van der Waals surface area contributed by atoms with Crippen LogP contribution in [0.1, 0.15) is 18.1 Å². The van der Waals surface area contributed by atoms with Gasteiger partial charge in [-0.2, -0.15) is 4.98 Å². The van der Waals surface area contributed by atoms with E-state index >= 15 is 0 Å². The highest BCUT2D eigenvalue weighted by molar-refractivity contribution is 5.81. The summed E-state index contributed by atoms with van der Waals surface area (Å²) in [6.07, 6.45) is 1.06. The van der Waals surface area contributed by atoms with Gasteiger partial charge in [0.05, 0.1) is 13.2 Å². The summed E-state index contributed by atoms with van der Waals surface area (Å²) >= 11 is 0. The Labute approximate surface area is 123 Å². The fourth-order valence-corrected chi connectivity index (χ4v) is 2.49. The molecule has 1 aliphatic rings. The molecule has 7 nitrogen and oxygen atoms in total. The molecule has 0 aliphatic carbocycles. The number of nitrogens with one attached hydrogen (secondary N) is 1. The summed E-state index contributed by atoms with van der Waals surface area (Å²) in [7, 11) is 0. The molecule has 0 spiro atoms. The van der Waals surface area contributed by atoms with Gasteiger partial charge in [-0.05, 0) is 19.9 Å². The fourth-order valence-electron chi connectivity index (χ4n) is 2.49. The molecular formula is C14H21N5O2. The molecule has 0 bridgehead atoms. The third-order valence-electron chi connectivity index (χ3n) is 3.52. The largest absolute Gasteiger partial charge is 0.422 e. The molecule has 3 rings (SSSR count). The molecule has 2 aromatic heterocycles. The fraction of sp³-hybridized carbons (Fsp3) is 0.643. The maximum atomic E-state index is 5.47. The lowest BCUT2D eigenvalue weighted by atomic mass is 10.3. The number of hydrogen-bond donors (Lipinski definition) is 1. The summed E-state index contributed by atoms with van der Waals surface area (Å²) in [5, 5.41) is 3.35. The number of aryl methyl sites for hydroxylation is 2. The monoisotopic (exact) mass is 291 g/mol. The van der Waals surface area contributed by atoms with E-state index in [-0.39, 0.29) is 0 Å². The summed E-state index contributed by atoms with van der Waals surface area (Å²) in [5.41, 5.74) is 1.26. The van der Waals surface area contributed by atoms with Crippen LogP contribution in [0.3, 0.4) is 0 Å². The third kappa shape index (κ3) is 3.48. The van der Waals surface area contributed by atoms with Crippen LogP contribution in [0.4, 0.5) is 5.82 Å². The van der Waals surface area contributed by atoms with Crippen LogP contribution in [0, 0.1) is 13.8 Å². The number of ether oxygens (including phenoxy) is 1.